The van der Waals surface area contributed by atoms with Gasteiger partial charge in [0.2, 0.25) is 19.3 Å². The number of rotatable bonds is 4. The quantitative estimate of drug-likeness (QED) is 0.395. The van der Waals surface area contributed by atoms with E-state index >= 15 is 0 Å². The van der Waals surface area contributed by atoms with Crippen molar-refractivity contribution in [3.8, 4) is 0 Å². The van der Waals surface area contributed by atoms with Gasteiger partial charge in [0.1, 0.15) is 10.1 Å². The summed E-state index contributed by atoms with van der Waals surface area (Å²) in [6, 6.07) is 5.18. The molecule has 0 radical (unpaired) electrons. The zero-order chi connectivity index (χ0) is 17.7. The molecule has 2 rings (SSSR count). The number of sulfone groups is 1. The molecule has 1 aromatic carbocycles. The minimum absolute atomic E-state index is 0. The predicted molar refractivity (Wildman–Crippen MR) is 79.6 cm³/mol. The molecule has 0 unspecified atom stereocenters. The molecular formula is C9H8N3NaO7S4. The maximum absolute atomic E-state index is 11.2. The van der Waals surface area contributed by atoms with Gasteiger partial charge in [0.25, 0.3) is 0 Å². The Balaban J connectivity index is 0.00000123. The number of hydrogen-bond acceptors (Lipinski definition) is 11. The first-order valence-electron chi connectivity index (χ1n) is 5.36. The number of benzene rings is 1. The molecule has 0 saturated carbocycles. The van der Waals surface area contributed by atoms with Crippen molar-refractivity contribution in [3.05, 3.63) is 24.3 Å². The summed E-state index contributed by atoms with van der Waals surface area (Å²) in [6.07, 6.45) is 1.00. The Hall–Kier alpha value is -0.740. The third-order valence-electron chi connectivity index (χ3n) is 2.10. The van der Waals surface area contributed by atoms with Crippen LogP contribution in [0.5, 0.6) is 0 Å². The standard InChI is InChI=1S/C9H9N3O5S3.Na.O2S/c1-19(13,14)9-12-11-8(18-9)10-6-3-2-4-7(5-6)20(15,16)17;;1-3-2/h2-5H,1H3,(H,10,11)(H,15,16,17);;/q;+1;/p-1. The van der Waals surface area contributed by atoms with Crippen LogP contribution in [0.25, 0.3) is 0 Å². The maximum Gasteiger partial charge on any atom is 1.00 e. The average Bonchev–Trinajstić information content (AvgIpc) is 2.87. The van der Waals surface area contributed by atoms with Gasteiger partial charge in [-0.1, -0.05) is 17.4 Å². The van der Waals surface area contributed by atoms with Crippen LogP contribution in [-0.4, -0.2) is 46.3 Å². The van der Waals surface area contributed by atoms with E-state index in [9.17, 15) is 21.4 Å². The van der Waals surface area contributed by atoms with Crippen LogP contribution in [0.15, 0.2) is 33.5 Å². The fourth-order valence-electron chi connectivity index (χ4n) is 1.26. The molecule has 1 heterocycles. The maximum atomic E-state index is 11.2. The summed E-state index contributed by atoms with van der Waals surface area (Å²) in [6.45, 7) is 0. The van der Waals surface area contributed by atoms with Crippen LogP contribution in [0.3, 0.4) is 0 Å². The third kappa shape index (κ3) is 7.43. The summed E-state index contributed by atoms with van der Waals surface area (Å²) >= 11 is 0.0491. The Kier molecular flexibility index (Phi) is 9.37. The van der Waals surface area contributed by atoms with E-state index in [2.05, 4.69) is 15.5 Å². The van der Waals surface area contributed by atoms with Gasteiger partial charge in [-0.25, -0.2) is 16.8 Å². The SMILES string of the molecule is CS(=O)(=O)c1nnc(Nc2cccc(S(=O)(=O)[O-])c2)s1.O=S=O.[Na+]. The fourth-order valence-corrected chi connectivity index (χ4v) is 3.31. The van der Waals surface area contributed by atoms with Crippen LogP contribution in [0.4, 0.5) is 10.8 Å². The second-order valence-corrected chi connectivity index (χ2v) is 8.50. The van der Waals surface area contributed by atoms with Crippen molar-refractivity contribution in [2.75, 3.05) is 11.6 Å². The first-order valence-corrected chi connectivity index (χ1v) is 10.1. The smallest absolute Gasteiger partial charge is 0.744 e. The van der Waals surface area contributed by atoms with Crippen LogP contribution in [0.2, 0.25) is 0 Å². The van der Waals surface area contributed by atoms with Crippen molar-refractivity contribution >= 4 is 53.7 Å². The van der Waals surface area contributed by atoms with Crippen molar-refractivity contribution < 1.29 is 59.4 Å². The van der Waals surface area contributed by atoms with E-state index in [1.165, 1.54) is 12.1 Å². The molecule has 0 spiro atoms. The van der Waals surface area contributed by atoms with E-state index < -0.39 is 36.4 Å². The van der Waals surface area contributed by atoms with Gasteiger partial charge in [-0.3, -0.25) is 0 Å². The summed E-state index contributed by atoms with van der Waals surface area (Å²) in [7, 11) is -8.00. The van der Waals surface area contributed by atoms with Crippen LogP contribution in [-0.2, 0) is 31.5 Å². The largest absolute Gasteiger partial charge is 1.00 e. The molecule has 1 aromatic heterocycles. The molecule has 0 aliphatic carbocycles. The Morgan fingerprint density at radius 1 is 1.17 bits per heavy atom. The Morgan fingerprint density at radius 3 is 2.21 bits per heavy atom. The number of anilines is 2. The molecule has 2 aromatic rings. The summed E-state index contributed by atoms with van der Waals surface area (Å²) in [5, 5.41) is 9.97. The van der Waals surface area contributed by atoms with E-state index in [0.717, 1.165) is 29.7 Å². The Labute approximate surface area is 167 Å². The zero-order valence-electron chi connectivity index (χ0n) is 12.2. The zero-order valence-corrected chi connectivity index (χ0v) is 17.5. The topological polar surface area (TPSA) is 163 Å². The second-order valence-electron chi connectivity index (χ2n) is 3.82. The monoisotopic (exact) mass is 421 g/mol. The molecule has 15 heteroatoms. The molecule has 0 amide bonds. The van der Waals surface area contributed by atoms with Gasteiger partial charge < -0.3 is 9.87 Å². The van der Waals surface area contributed by atoms with E-state index in [4.69, 9.17) is 8.42 Å². The van der Waals surface area contributed by atoms with Gasteiger partial charge in [0.05, 0.1) is 4.90 Å². The first kappa shape index (κ1) is 23.3. The molecule has 126 valence electrons. The van der Waals surface area contributed by atoms with Crippen LogP contribution in [0, 0.1) is 0 Å². The van der Waals surface area contributed by atoms with Crippen molar-refractivity contribution in [2.45, 2.75) is 9.24 Å². The second kappa shape index (κ2) is 9.67. The number of hydrogen-bond donors (Lipinski definition) is 1. The summed E-state index contributed by atoms with van der Waals surface area (Å²) in [5.74, 6) is 0. The third-order valence-corrected chi connectivity index (χ3v) is 5.44. The first-order chi connectivity index (χ1) is 10.6. The van der Waals surface area contributed by atoms with Gasteiger partial charge in [-0.2, -0.15) is 8.42 Å². The molecule has 24 heavy (non-hydrogen) atoms. The molecule has 0 aliphatic heterocycles. The predicted octanol–water partition coefficient (Wildman–Crippen LogP) is -3.08. The Bertz CT molecular complexity index is 936. The van der Waals surface area contributed by atoms with Gasteiger partial charge in [-0.05, 0) is 18.2 Å². The van der Waals surface area contributed by atoms with E-state index in [1.807, 2.05) is 0 Å². The normalized spacial score (nSPS) is 10.8. The molecule has 0 atom stereocenters. The van der Waals surface area contributed by atoms with E-state index in [1.54, 1.807) is 0 Å². The number of nitrogens with zero attached hydrogens (tertiary/aromatic N) is 2. The summed E-state index contributed by atoms with van der Waals surface area (Å²) in [4.78, 5) is -0.393. The van der Waals surface area contributed by atoms with Crippen molar-refractivity contribution in [1.29, 1.82) is 0 Å². The average molecular weight is 421 g/mol. The van der Waals surface area contributed by atoms with Crippen LogP contribution >= 0.6 is 11.3 Å². The van der Waals surface area contributed by atoms with Gasteiger partial charge >= 0.3 is 41.1 Å². The molecule has 1 N–H and O–H groups in total. The summed E-state index contributed by atoms with van der Waals surface area (Å²) < 4.78 is 71.6. The Morgan fingerprint density at radius 2 is 1.75 bits per heavy atom. The van der Waals surface area contributed by atoms with Crippen molar-refractivity contribution in [3.63, 3.8) is 0 Å². The number of nitrogens with one attached hydrogen (secondary N) is 1. The summed E-state index contributed by atoms with van der Waals surface area (Å²) in [5.41, 5.74) is 0.290. The molecular weight excluding hydrogens is 413 g/mol. The van der Waals surface area contributed by atoms with Crippen LogP contribution in [0.1, 0.15) is 0 Å². The van der Waals surface area contributed by atoms with Gasteiger partial charge in [0, 0.05) is 11.9 Å². The minimum atomic E-state index is -4.55. The van der Waals surface area contributed by atoms with Crippen LogP contribution < -0.4 is 34.9 Å². The minimum Gasteiger partial charge on any atom is -0.744 e. The molecule has 0 saturated heterocycles. The number of aromatic nitrogens is 2. The molecule has 0 bridgehead atoms. The van der Waals surface area contributed by atoms with E-state index in [-0.39, 0.29) is 44.7 Å². The van der Waals surface area contributed by atoms with Gasteiger partial charge in [-0.15, -0.1) is 10.2 Å². The van der Waals surface area contributed by atoms with Crippen molar-refractivity contribution in [1.82, 2.24) is 10.2 Å². The van der Waals surface area contributed by atoms with Crippen molar-refractivity contribution in [2.24, 2.45) is 0 Å². The van der Waals surface area contributed by atoms with Gasteiger partial charge in [0.15, 0.2) is 0 Å². The molecule has 0 aliphatic rings. The fraction of sp³-hybridized carbons (Fsp3) is 0.111. The molecule has 10 nitrogen and oxygen atoms in total. The molecule has 0 fully saturated rings. The van der Waals surface area contributed by atoms with E-state index in [0.29, 0.717) is 0 Å².